The van der Waals surface area contributed by atoms with E-state index in [2.05, 4.69) is 46.4 Å². The Morgan fingerprint density at radius 1 is 0.542 bits per heavy atom. The molecule has 1 heterocycles. The summed E-state index contributed by atoms with van der Waals surface area (Å²) in [6.45, 7) is 20.2. The standard InChI is InChI=1S/C53H105NO5/c1-7-13-26-34-49(35-27-14-8-2)40-46-56-45-33-25-21-17-19-23-31-42-53(58-48-51(59-53)39-44-54(11-5)12-6)43-32-24-20-18-22-30-38-52(55)57-47-41-50(36-28-15-9-3)37-29-16-10-4/h49-51H,7-48H2,1-6H3. The second-order valence-electron chi connectivity index (χ2n) is 18.7. The van der Waals surface area contributed by atoms with Crippen LogP contribution in [0.5, 0.6) is 0 Å². The monoisotopic (exact) mass is 836 g/mol. The minimum atomic E-state index is -0.384. The van der Waals surface area contributed by atoms with E-state index in [1.165, 1.54) is 173 Å². The van der Waals surface area contributed by atoms with Crippen molar-refractivity contribution in [2.45, 2.75) is 278 Å². The molecule has 0 aromatic heterocycles. The number of rotatable bonds is 46. The summed E-state index contributed by atoms with van der Waals surface area (Å²) in [7, 11) is 0. The predicted molar refractivity (Wildman–Crippen MR) is 254 cm³/mol. The molecule has 0 aromatic rings. The first kappa shape index (κ1) is 56.3. The van der Waals surface area contributed by atoms with Crippen LogP contribution in [0.1, 0.15) is 266 Å². The SMILES string of the molecule is CCCCCC(CCCCC)CCOCCCCCCCCCC1(CCCCCCCCC(=O)OCCC(CCCCC)CCCCC)OCC(CCN(CC)CC)O1. The molecule has 6 nitrogen and oxygen atoms in total. The fraction of sp³-hybridized carbons (Fsp3) is 0.981. The Hall–Kier alpha value is -0.690. The van der Waals surface area contributed by atoms with Gasteiger partial charge in [0.25, 0.3) is 0 Å². The zero-order valence-corrected chi connectivity index (χ0v) is 40.9. The van der Waals surface area contributed by atoms with Gasteiger partial charge < -0.3 is 23.8 Å². The third-order valence-electron chi connectivity index (χ3n) is 13.4. The summed E-state index contributed by atoms with van der Waals surface area (Å²) in [6, 6.07) is 0. The van der Waals surface area contributed by atoms with Gasteiger partial charge in [0.2, 0.25) is 0 Å². The van der Waals surface area contributed by atoms with Gasteiger partial charge in [-0.25, -0.2) is 0 Å². The van der Waals surface area contributed by atoms with E-state index >= 15 is 0 Å². The smallest absolute Gasteiger partial charge is 0.305 e. The summed E-state index contributed by atoms with van der Waals surface area (Å²) >= 11 is 0. The number of esters is 1. The molecule has 352 valence electrons. The van der Waals surface area contributed by atoms with Crippen LogP contribution in [-0.2, 0) is 23.7 Å². The number of carbonyl (C=O) groups is 1. The molecule has 1 fully saturated rings. The Morgan fingerprint density at radius 3 is 1.49 bits per heavy atom. The number of unbranched alkanes of at least 4 members (excludes halogenated alkanes) is 19. The van der Waals surface area contributed by atoms with Gasteiger partial charge >= 0.3 is 5.97 Å². The second kappa shape index (κ2) is 41.3. The molecule has 2 unspecified atom stereocenters. The molecular formula is C53H105NO5. The lowest BCUT2D eigenvalue weighted by Crippen LogP contribution is -2.32. The van der Waals surface area contributed by atoms with Gasteiger partial charge in [0, 0.05) is 39.0 Å². The maximum absolute atomic E-state index is 12.4. The summed E-state index contributed by atoms with van der Waals surface area (Å²) in [5.74, 6) is 1.22. The molecule has 0 spiro atoms. The average molecular weight is 836 g/mol. The van der Waals surface area contributed by atoms with Crippen molar-refractivity contribution in [3.05, 3.63) is 0 Å². The van der Waals surface area contributed by atoms with Crippen molar-refractivity contribution < 1.29 is 23.7 Å². The van der Waals surface area contributed by atoms with E-state index in [4.69, 9.17) is 18.9 Å². The number of hydrogen-bond donors (Lipinski definition) is 0. The third-order valence-corrected chi connectivity index (χ3v) is 13.4. The zero-order chi connectivity index (χ0) is 42.9. The lowest BCUT2D eigenvalue weighted by Gasteiger charge is -2.29. The molecule has 1 aliphatic rings. The summed E-state index contributed by atoms with van der Waals surface area (Å²) < 4.78 is 25.2. The molecule has 0 aromatic carbocycles. The molecule has 0 aliphatic carbocycles. The van der Waals surface area contributed by atoms with E-state index in [-0.39, 0.29) is 17.9 Å². The molecule has 0 bridgehead atoms. The van der Waals surface area contributed by atoms with Crippen LogP contribution in [-0.4, -0.2) is 68.8 Å². The lowest BCUT2D eigenvalue weighted by atomic mass is 9.92. The molecule has 1 saturated heterocycles. The van der Waals surface area contributed by atoms with E-state index in [1.54, 1.807) is 0 Å². The number of ether oxygens (including phenoxy) is 4. The largest absolute Gasteiger partial charge is 0.466 e. The van der Waals surface area contributed by atoms with Crippen molar-refractivity contribution in [2.24, 2.45) is 11.8 Å². The van der Waals surface area contributed by atoms with E-state index < -0.39 is 0 Å². The second-order valence-corrected chi connectivity index (χ2v) is 18.7. The van der Waals surface area contributed by atoms with Crippen LogP contribution in [0.25, 0.3) is 0 Å². The van der Waals surface area contributed by atoms with Crippen molar-refractivity contribution in [1.29, 1.82) is 0 Å². The molecule has 59 heavy (non-hydrogen) atoms. The summed E-state index contributed by atoms with van der Waals surface area (Å²) in [4.78, 5) is 14.9. The highest BCUT2D eigenvalue weighted by Gasteiger charge is 2.40. The van der Waals surface area contributed by atoms with Gasteiger partial charge in [0.1, 0.15) is 0 Å². The summed E-state index contributed by atoms with van der Waals surface area (Å²) in [5, 5.41) is 0. The van der Waals surface area contributed by atoms with Gasteiger partial charge in [-0.3, -0.25) is 4.79 Å². The van der Waals surface area contributed by atoms with Crippen LogP contribution in [0, 0.1) is 11.8 Å². The quantitative estimate of drug-likeness (QED) is 0.0450. The van der Waals surface area contributed by atoms with Crippen molar-refractivity contribution in [2.75, 3.05) is 46.1 Å². The molecule has 0 N–H and O–H groups in total. The molecular weight excluding hydrogens is 731 g/mol. The highest BCUT2D eigenvalue weighted by molar-refractivity contribution is 5.69. The van der Waals surface area contributed by atoms with Gasteiger partial charge in [-0.05, 0) is 69.9 Å². The molecule has 0 saturated carbocycles. The molecule has 1 aliphatic heterocycles. The Kier molecular flexibility index (Phi) is 39.5. The van der Waals surface area contributed by atoms with Crippen LogP contribution < -0.4 is 0 Å². The van der Waals surface area contributed by atoms with Crippen molar-refractivity contribution in [1.82, 2.24) is 4.90 Å². The van der Waals surface area contributed by atoms with Crippen LogP contribution in [0.3, 0.4) is 0 Å². The Labute approximate surface area is 369 Å². The Morgan fingerprint density at radius 2 is 1.00 bits per heavy atom. The average Bonchev–Trinajstić information content (AvgIpc) is 3.65. The van der Waals surface area contributed by atoms with Crippen LogP contribution in [0.4, 0.5) is 0 Å². The van der Waals surface area contributed by atoms with Crippen molar-refractivity contribution in [3.63, 3.8) is 0 Å². The first-order valence-corrected chi connectivity index (χ1v) is 26.7. The lowest BCUT2D eigenvalue weighted by molar-refractivity contribution is -0.180. The van der Waals surface area contributed by atoms with Gasteiger partial charge in [-0.1, -0.05) is 202 Å². The highest BCUT2D eigenvalue weighted by atomic mass is 16.7. The van der Waals surface area contributed by atoms with Crippen LogP contribution in [0.2, 0.25) is 0 Å². The Balaban J connectivity index is 2.29. The number of carbonyl (C=O) groups excluding carboxylic acids is 1. The minimum Gasteiger partial charge on any atom is -0.466 e. The van der Waals surface area contributed by atoms with Crippen molar-refractivity contribution >= 4 is 5.97 Å². The first-order valence-electron chi connectivity index (χ1n) is 26.7. The zero-order valence-electron chi connectivity index (χ0n) is 40.9. The molecule has 0 radical (unpaired) electrons. The van der Waals surface area contributed by atoms with Gasteiger partial charge in [-0.15, -0.1) is 0 Å². The van der Waals surface area contributed by atoms with Crippen LogP contribution in [0.15, 0.2) is 0 Å². The van der Waals surface area contributed by atoms with E-state index in [1.807, 2.05) is 0 Å². The summed E-state index contributed by atoms with van der Waals surface area (Å²) in [6.07, 6.45) is 43.4. The van der Waals surface area contributed by atoms with E-state index in [0.717, 1.165) is 96.2 Å². The van der Waals surface area contributed by atoms with Crippen molar-refractivity contribution in [3.8, 4) is 0 Å². The topological polar surface area (TPSA) is 57.2 Å². The van der Waals surface area contributed by atoms with Gasteiger partial charge in [-0.2, -0.15) is 0 Å². The van der Waals surface area contributed by atoms with E-state index in [9.17, 15) is 4.79 Å². The maximum atomic E-state index is 12.4. The molecule has 1 rings (SSSR count). The van der Waals surface area contributed by atoms with Gasteiger partial charge in [0.05, 0.1) is 19.3 Å². The highest BCUT2D eigenvalue weighted by Crippen LogP contribution is 2.36. The van der Waals surface area contributed by atoms with Crippen LogP contribution >= 0.6 is 0 Å². The maximum Gasteiger partial charge on any atom is 0.305 e. The Bertz CT molecular complexity index is 862. The first-order chi connectivity index (χ1) is 28.9. The fourth-order valence-electron chi connectivity index (χ4n) is 9.23. The minimum absolute atomic E-state index is 0.00793. The number of hydrogen-bond acceptors (Lipinski definition) is 6. The normalized spacial score (nSPS) is 17.0. The number of nitrogens with zero attached hydrogens (tertiary/aromatic N) is 1. The molecule has 2 atom stereocenters. The fourth-order valence-corrected chi connectivity index (χ4v) is 9.23. The predicted octanol–water partition coefficient (Wildman–Crippen LogP) is 16.0. The molecule has 6 heteroatoms. The summed E-state index contributed by atoms with van der Waals surface area (Å²) in [5.41, 5.74) is 0. The van der Waals surface area contributed by atoms with Gasteiger partial charge in [0.15, 0.2) is 5.79 Å². The van der Waals surface area contributed by atoms with E-state index in [0.29, 0.717) is 13.0 Å². The molecule has 0 amide bonds. The third kappa shape index (κ3) is 32.6.